The van der Waals surface area contributed by atoms with E-state index in [2.05, 4.69) is 112 Å². The number of hydrogen-bond acceptors (Lipinski definition) is 6. The molecule has 1 atom stereocenters. The molecule has 0 spiro atoms. The zero-order valence-corrected chi connectivity index (χ0v) is 43.6. The van der Waals surface area contributed by atoms with Crippen molar-refractivity contribution in [3.05, 3.63) is 97.2 Å². The van der Waals surface area contributed by atoms with Crippen LogP contribution in [0.1, 0.15) is 252 Å². The van der Waals surface area contributed by atoms with Crippen molar-refractivity contribution < 1.29 is 28.6 Å². The van der Waals surface area contributed by atoms with Crippen LogP contribution in [-0.2, 0) is 28.6 Å². The van der Waals surface area contributed by atoms with Gasteiger partial charge in [-0.2, -0.15) is 0 Å². The molecule has 0 N–H and O–H groups in total. The minimum Gasteiger partial charge on any atom is -0.462 e. The molecular formula is C61H102O6. The minimum atomic E-state index is -0.814. The number of esters is 3. The predicted molar refractivity (Wildman–Crippen MR) is 288 cm³/mol. The Hall–Kier alpha value is -3.67. The summed E-state index contributed by atoms with van der Waals surface area (Å²) in [5.41, 5.74) is 0. The molecule has 67 heavy (non-hydrogen) atoms. The third-order valence-electron chi connectivity index (χ3n) is 11.6. The Morgan fingerprint density at radius 1 is 0.313 bits per heavy atom. The Labute approximate surface area is 413 Å². The molecule has 0 unspecified atom stereocenters. The first-order valence-electron chi connectivity index (χ1n) is 27.7. The lowest BCUT2D eigenvalue weighted by Gasteiger charge is -2.18. The van der Waals surface area contributed by atoms with Gasteiger partial charge in [-0.25, -0.2) is 0 Å². The van der Waals surface area contributed by atoms with Crippen LogP contribution >= 0.6 is 0 Å². The molecule has 0 heterocycles. The summed E-state index contributed by atoms with van der Waals surface area (Å²) in [5, 5.41) is 0. The summed E-state index contributed by atoms with van der Waals surface area (Å²) in [6, 6.07) is 0. The zero-order valence-electron chi connectivity index (χ0n) is 43.6. The van der Waals surface area contributed by atoms with Crippen molar-refractivity contribution in [1.82, 2.24) is 0 Å². The molecule has 382 valence electrons. The molecule has 0 aliphatic carbocycles. The van der Waals surface area contributed by atoms with E-state index in [1.807, 2.05) is 6.08 Å². The minimum absolute atomic E-state index is 0.107. The first-order chi connectivity index (χ1) is 33.0. The van der Waals surface area contributed by atoms with Crippen LogP contribution in [0.5, 0.6) is 0 Å². The topological polar surface area (TPSA) is 78.9 Å². The molecule has 0 aromatic rings. The summed E-state index contributed by atoms with van der Waals surface area (Å²) in [5.74, 6) is -1.01. The van der Waals surface area contributed by atoms with E-state index in [9.17, 15) is 14.4 Å². The van der Waals surface area contributed by atoms with E-state index in [4.69, 9.17) is 14.2 Å². The Morgan fingerprint density at radius 3 is 1.01 bits per heavy atom. The lowest BCUT2D eigenvalue weighted by Crippen LogP contribution is -2.30. The van der Waals surface area contributed by atoms with Crippen LogP contribution in [0.4, 0.5) is 0 Å². The summed E-state index contributed by atoms with van der Waals surface area (Å²) >= 11 is 0. The summed E-state index contributed by atoms with van der Waals surface area (Å²) in [4.78, 5) is 38.1. The second kappa shape index (κ2) is 54.9. The SMILES string of the molecule is CC/C=C\C/C=C\C/C=C\C/C=C\C/C=C\C/C=C\CCC(=O)OC[C@H](COC(=O)CCCCCCC/C=C\CCCCCC)OC(=O)CCCCCCCCC/C=C\CCCCCCCC. The van der Waals surface area contributed by atoms with Crippen LogP contribution in [0.25, 0.3) is 0 Å². The van der Waals surface area contributed by atoms with E-state index in [0.717, 1.165) is 89.9 Å². The number of hydrogen-bond donors (Lipinski definition) is 0. The van der Waals surface area contributed by atoms with Crippen LogP contribution < -0.4 is 0 Å². The normalized spacial score (nSPS) is 12.8. The maximum absolute atomic E-state index is 12.8. The van der Waals surface area contributed by atoms with Gasteiger partial charge in [-0.05, 0) is 109 Å². The lowest BCUT2D eigenvalue weighted by molar-refractivity contribution is -0.166. The molecule has 6 nitrogen and oxygen atoms in total. The van der Waals surface area contributed by atoms with Crippen LogP contribution in [0.15, 0.2) is 97.2 Å². The van der Waals surface area contributed by atoms with Crippen molar-refractivity contribution in [2.24, 2.45) is 0 Å². The second-order valence-corrected chi connectivity index (χ2v) is 18.1. The Morgan fingerprint density at radius 2 is 0.612 bits per heavy atom. The monoisotopic (exact) mass is 931 g/mol. The average Bonchev–Trinajstić information content (AvgIpc) is 3.33. The molecule has 0 saturated carbocycles. The van der Waals surface area contributed by atoms with Gasteiger partial charge in [0.1, 0.15) is 13.2 Å². The molecule has 0 aliphatic rings. The molecule has 0 amide bonds. The molecule has 0 fully saturated rings. The van der Waals surface area contributed by atoms with Gasteiger partial charge in [0.05, 0.1) is 0 Å². The fraction of sp³-hybridized carbons (Fsp3) is 0.689. The van der Waals surface area contributed by atoms with E-state index >= 15 is 0 Å². The molecule has 0 bridgehead atoms. The average molecular weight is 931 g/mol. The van der Waals surface area contributed by atoms with E-state index < -0.39 is 6.10 Å². The quantitative estimate of drug-likeness (QED) is 0.0262. The number of allylic oxidation sites excluding steroid dienone is 16. The van der Waals surface area contributed by atoms with Gasteiger partial charge in [-0.15, -0.1) is 0 Å². The molecule has 6 heteroatoms. The molecule has 0 radical (unpaired) electrons. The van der Waals surface area contributed by atoms with Crippen molar-refractivity contribution in [3.63, 3.8) is 0 Å². The first-order valence-corrected chi connectivity index (χ1v) is 27.7. The van der Waals surface area contributed by atoms with Gasteiger partial charge in [0, 0.05) is 19.3 Å². The third kappa shape index (κ3) is 53.2. The molecule has 0 rings (SSSR count). The molecule has 0 aromatic heterocycles. The predicted octanol–water partition coefficient (Wildman–Crippen LogP) is 18.5. The Kier molecular flexibility index (Phi) is 51.9. The van der Waals surface area contributed by atoms with Crippen LogP contribution in [0.2, 0.25) is 0 Å². The van der Waals surface area contributed by atoms with E-state index in [0.29, 0.717) is 19.3 Å². The van der Waals surface area contributed by atoms with Crippen LogP contribution in [-0.4, -0.2) is 37.2 Å². The highest BCUT2D eigenvalue weighted by Crippen LogP contribution is 2.14. The second-order valence-electron chi connectivity index (χ2n) is 18.1. The molecule has 0 saturated heterocycles. The maximum Gasteiger partial charge on any atom is 0.306 e. The van der Waals surface area contributed by atoms with Crippen molar-refractivity contribution >= 4 is 17.9 Å². The van der Waals surface area contributed by atoms with E-state index in [-0.39, 0.29) is 37.5 Å². The van der Waals surface area contributed by atoms with Gasteiger partial charge in [0.2, 0.25) is 0 Å². The number of rotatable bonds is 49. The standard InChI is InChI=1S/C61H102O6/c1-4-7-10-13-16-19-22-25-27-29-30-32-33-36-39-42-45-48-51-54-60(63)66-57-58(56-65-59(62)53-50-47-44-41-38-35-24-21-18-15-12-9-6-3)67-61(64)55-52-49-46-43-40-37-34-31-28-26-23-20-17-14-11-8-5-2/h7,10,16,19,21,24-28,30,32,36,39,45,48,58H,4-6,8-9,11-15,17-18,20,22-23,29,31,33-35,37-38,40-44,46-47,49-57H2,1-3H3/b10-7-,19-16-,24-21-,27-25-,28-26-,32-30-,39-36-,48-45-/t58-/m0/s1. The highest BCUT2D eigenvalue weighted by Gasteiger charge is 2.19. The number of unbranched alkanes of at least 4 members (excludes halogenated alkanes) is 22. The van der Waals surface area contributed by atoms with Crippen LogP contribution in [0.3, 0.4) is 0 Å². The third-order valence-corrected chi connectivity index (χ3v) is 11.6. The molecule has 0 aliphatic heterocycles. The highest BCUT2D eigenvalue weighted by molar-refractivity contribution is 5.71. The summed E-state index contributed by atoms with van der Waals surface area (Å²) in [6.07, 6.45) is 72.6. The summed E-state index contributed by atoms with van der Waals surface area (Å²) in [7, 11) is 0. The largest absolute Gasteiger partial charge is 0.462 e. The van der Waals surface area contributed by atoms with Gasteiger partial charge >= 0.3 is 17.9 Å². The van der Waals surface area contributed by atoms with Crippen molar-refractivity contribution in [3.8, 4) is 0 Å². The van der Waals surface area contributed by atoms with Gasteiger partial charge in [0.15, 0.2) is 6.10 Å². The number of carbonyl (C=O) groups is 3. The van der Waals surface area contributed by atoms with Crippen LogP contribution in [0, 0.1) is 0 Å². The fourth-order valence-electron chi connectivity index (χ4n) is 7.40. The first kappa shape index (κ1) is 63.3. The van der Waals surface area contributed by atoms with Crippen molar-refractivity contribution in [2.75, 3.05) is 13.2 Å². The van der Waals surface area contributed by atoms with Gasteiger partial charge < -0.3 is 14.2 Å². The Balaban J connectivity index is 4.51. The van der Waals surface area contributed by atoms with Gasteiger partial charge in [-0.3, -0.25) is 14.4 Å². The van der Waals surface area contributed by atoms with Gasteiger partial charge in [0.25, 0.3) is 0 Å². The fourth-order valence-corrected chi connectivity index (χ4v) is 7.40. The Bertz CT molecular complexity index is 1350. The lowest BCUT2D eigenvalue weighted by atomic mass is 10.1. The molecule has 0 aromatic carbocycles. The van der Waals surface area contributed by atoms with E-state index in [1.165, 1.54) is 116 Å². The maximum atomic E-state index is 12.8. The molecular weight excluding hydrogens is 829 g/mol. The van der Waals surface area contributed by atoms with E-state index in [1.54, 1.807) is 0 Å². The zero-order chi connectivity index (χ0) is 48.6. The number of ether oxygens (including phenoxy) is 3. The van der Waals surface area contributed by atoms with Gasteiger partial charge in [-0.1, -0.05) is 221 Å². The summed E-state index contributed by atoms with van der Waals surface area (Å²) in [6.45, 7) is 6.43. The number of carbonyl (C=O) groups excluding carboxylic acids is 3. The smallest absolute Gasteiger partial charge is 0.306 e. The summed E-state index contributed by atoms with van der Waals surface area (Å²) < 4.78 is 16.8. The van der Waals surface area contributed by atoms with Crippen molar-refractivity contribution in [2.45, 2.75) is 258 Å². The highest BCUT2D eigenvalue weighted by atomic mass is 16.6. The van der Waals surface area contributed by atoms with Crippen molar-refractivity contribution in [1.29, 1.82) is 0 Å².